The first kappa shape index (κ1) is 18.8. The van der Waals surface area contributed by atoms with Gasteiger partial charge in [0.15, 0.2) is 12.2 Å². The van der Waals surface area contributed by atoms with Gasteiger partial charge in [-0.05, 0) is 17.7 Å². The van der Waals surface area contributed by atoms with Crippen LogP contribution in [0.25, 0.3) is 0 Å². The predicted octanol–water partition coefficient (Wildman–Crippen LogP) is -1.74. The van der Waals surface area contributed by atoms with Crippen LogP contribution >= 0.6 is 0 Å². The van der Waals surface area contributed by atoms with Gasteiger partial charge in [0.05, 0.1) is 6.10 Å². The minimum Gasteiger partial charge on any atom is -0.508 e. The summed E-state index contributed by atoms with van der Waals surface area (Å²) in [6.07, 6.45) is -5.16. The number of aromatic hydroxyl groups is 1. The molecule has 1 aromatic rings. The van der Waals surface area contributed by atoms with E-state index in [0.29, 0.717) is 0 Å². The molecule has 0 radical (unpaired) electrons. The topological polar surface area (TPSA) is 182 Å². The van der Waals surface area contributed by atoms with Crippen LogP contribution in [0.5, 0.6) is 5.75 Å². The highest BCUT2D eigenvalue weighted by atomic mass is 16.4. The van der Waals surface area contributed by atoms with Crippen LogP contribution in [0.3, 0.4) is 0 Å². The standard InChI is InChI=1S/C8H11NO2.C4H6O6/c9-5-8(11)6-1-3-7(10)4-2-6;5-1(3(7)8)2(6)4(9)10/h1-4,8,10-11H,5,9H2;1-2,5-6H,(H,7,8)(H,9,10). The number of aliphatic hydroxyl groups excluding tert-OH is 3. The van der Waals surface area contributed by atoms with Crippen LogP contribution in [-0.4, -0.2) is 61.3 Å². The molecule has 3 atom stereocenters. The summed E-state index contributed by atoms with van der Waals surface area (Å²) in [5, 5.41) is 50.6. The highest BCUT2D eigenvalue weighted by Gasteiger charge is 2.29. The Bertz CT molecular complexity index is 443. The molecule has 118 valence electrons. The molecule has 9 nitrogen and oxygen atoms in total. The van der Waals surface area contributed by atoms with Gasteiger partial charge in [-0.2, -0.15) is 0 Å². The van der Waals surface area contributed by atoms with Crippen molar-refractivity contribution in [3.8, 4) is 5.75 Å². The smallest absolute Gasteiger partial charge is 0.335 e. The molecule has 0 aliphatic rings. The lowest BCUT2D eigenvalue weighted by Gasteiger charge is -2.07. The van der Waals surface area contributed by atoms with Gasteiger partial charge in [-0.15, -0.1) is 0 Å². The van der Waals surface area contributed by atoms with Gasteiger partial charge in [0.2, 0.25) is 0 Å². The van der Waals surface area contributed by atoms with Gasteiger partial charge in [0.1, 0.15) is 5.75 Å². The van der Waals surface area contributed by atoms with Crippen LogP contribution in [0, 0.1) is 0 Å². The number of hydrogen-bond donors (Lipinski definition) is 7. The third-order valence-corrected chi connectivity index (χ3v) is 2.31. The van der Waals surface area contributed by atoms with Crippen molar-refractivity contribution in [1.82, 2.24) is 0 Å². The number of carboxylic acids is 2. The van der Waals surface area contributed by atoms with Gasteiger partial charge >= 0.3 is 11.9 Å². The predicted molar refractivity (Wildman–Crippen MR) is 69.4 cm³/mol. The van der Waals surface area contributed by atoms with E-state index in [9.17, 15) is 14.7 Å². The monoisotopic (exact) mass is 303 g/mol. The number of aliphatic hydroxyl groups is 3. The first-order valence-electron chi connectivity index (χ1n) is 5.69. The minimum absolute atomic E-state index is 0.193. The van der Waals surface area contributed by atoms with E-state index < -0.39 is 30.3 Å². The summed E-state index contributed by atoms with van der Waals surface area (Å²) in [5.74, 6) is -3.34. The lowest BCUT2D eigenvalue weighted by atomic mass is 10.1. The Labute approximate surface area is 119 Å². The summed E-state index contributed by atoms with van der Waals surface area (Å²) in [5.41, 5.74) is 5.96. The fourth-order valence-corrected chi connectivity index (χ4v) is 1.10. The van der Waals surface area contributed by atoms with Crippen LogP contribution in [-0.2, 0) is 9.59 Å². The average Bonchev–Trinajstić information content (AvgIpc) is 2.46. The zero-order valence-electron chi connectivity index (χ0n) is 10.8. The summed E-state index contributed by atoms with van der Waals surface area (Å²) in [4.78, 5) is 19.5. The average molecular weight is 303 g/mol. The van der Waals surface area contributed by atoms with Gasteiger partial charge in [-0.25, -0.2) is 9.59 Å². The number of aliphatic carboxylic acids is 2. The maximum atomic E-state index is 9.77. The van der Waals surface area contributed by atoms with E-state index >= 15 is 0 Å². The van der Waals surface area contributed by atoms with E-state index in [0.717, 1.165) is 5.56 Å². The number of nitrogens with two attached hydrogens (primary N) is 1. The molecular weight excluding hydrogens is 286 g/mol. The normalized spacial score (nSPS) is 14.3. The summed E-state index contributed by atoms with van der Waals surface area (Å²) in [6.45, 7) is 0.199. The molecule has 1 aromatic carbocycles. The molecule has 0 aromatic heterocycles. The highest BCUT2D eigenvalue weighted by Crippen LogP contribution is 2.15. The SMILES string of the molecule is NCC(O)c1ccc(O)cc1.O=C(O)C(O)C(O)C(=O)O. The van der Waals surface area contributed by atoms with E-state index in [4.69, 9.17) is 31.3 Å². The highest BCUT2D eigenvalue weighted by molar-refractivity contribution is 5.83. The molecular formula is C12H17NO8. The lowest BCUT2D eigenvalue weighted by molar-refractivity contribution is -0.165. The van der Waals surface area contributed by atoms with Crippen LogP contribution < -0.4 is 5.73 Å². The van der Waals surface area contributed by atoms with Crippen molar-refractivity contribution in [2.45, 2.75) is 18.3 Å². The first-order chi connectivity index (χ1) is 9.70. The maximum absolute atomic E-state index is 9.77. The summed E-state index contributed by atoms with van der Waals surface area (Å²) >= 11 is 0. The second-order valence-corrected chi connectivity index (χ2v) is 3.91. The summed E-state index contributed by atoms with van der Waals surface area (Å²) in [7, 11) is 0. The number of benzene rings is 1. The largest absolute Gasteiger partial charge is 0.508 e. The molecule has 0 bridgehead atoms. The van der Waals surface area contributed by atoms with Crippen LogP contribution in [0.1, 0.15) is 11.7 Å². The Morgan fingerprint density at radius 1 is 0.952 bits per heavy atom. The van der Waals surface area contributed by atoms with Gasteiger partial charge in [-0.1, -0.05) is 12.1 Å². The Kier molecular flexibility index (Phi) is 7.94. The van der Waals surface area contributed by atoms with Crippen molar-refractivity contribution >= 4 is 11.9 Å². The summed E-state index contributed by atoms with van der Waals surface area (Å²) < 4.78 is 0. The van der Waals surface area contributed by atoms with Crippen molar-refractivity contribution in [2.75, 3.05) is 6.54 Å². The van der Waals surface area contributed by atoms with E-state index in [2.05, 4.69) is 0 Å². The van der Waals surface area contributed by atoms with Crippen LogP contribution in [0.2, 0.25) is 0 Å². The molecule has 1 rings (SSSR count). The summed E-state index contributed by atoms with van der Waals surface area (Å²) in [6, 6.07) is 6.34. The van der Waals surface area contributed by atoms with Gasteiger partial charge in [0.25, 0.3) is 0 Å². The third kappa shape index (κ3) is 6.68. The van der Waals surface area contributed by atoms with E-state index in [-0.39, 0.29) is 12.3 Å². The number of phenolic OH excluding ortho intramolecular Hbond substituents is 1. The van der Waals surface area contributed by atoms with Gasteiger partial charge < -0.3 is 36.4 Å². The quantitative estimate of drug-likeness (QED) is 0.332. The van der Waals surface area contributed by atoms with E-state index in [1.165, 1.54) is 12.1 Å². The molecule has 0 amide bonds. The first-order valence-corrected chi connectivity index (χ1v) is 5.69. The van der Waals surface area contributed by atoms with Crippen molar-refractivity contribution < 1.29 is 40.2 Å². The molecule has 3 unspecified atom stereocenters. The van der Waals surface area contributed by atoms with E-state index in [1.54, 1.807) is 12.1 Å². The molecule has 8 N–H and O–H groups in total. The molecule has 0 saturated carbocycles. The van der Waals surface area contributed by atoms with Crippen molar-refractivity contribution in [2.24, 2.45) is 5.73 Å². The molecule has 0 aliphatic carbocycles. The fourth-order valence-electron chi connectivity index (χ4n) is 1.10. The van der Waals surface area contributed by atoms with E-state index in [1.807, 2.05) is 0 Å². The molecule has 0 fully saturated rings. The van der Waals surface area contributed by atoms with Gasteiger partial charge in [-0.3, -0.25) is 0 Å². The number of phenols is 1. The Hall–Kier alpha value is -2.20. The zero-order chi connectivity index (χ0) is 16.6. The van der Waals surface area contributed by atoms with Crippen molar-refractivity contribution in [3.05, 3.63) is 29.8 Å². The Morgan fingerprint density at radius 3 is 1.62 bits per heavy atom. The van der Waals surface area contributed by atoms with Crippen molar-refractivity contribution in [3.63, 3.8) is 0 Å². The van der Waals surface area contributed by atoms with Gasteiger partial charge in [0, 0.05) is 6.54 Å². The molecule has 0 heterocycles. The van der Waals surface area contributed by atoms with Crippen molar-refractivity contribution in [1.29, 1.82) is 0 Å². The Morgan fingerprint density at radius 2 is 1.33 bits per heavy atom. The minimum atomic E-state index is -2.27. The number of hydrogen-bond acceptors (Lipinski definition) is 7. The van der Waals surface area contributed by atoms with Crippen LogP contribution in [0.15, 0.2) is 24.3 Å². The molecule has 0 saturated heterocycles. The fraction of sp³-hybridized carbons (Fsp3) is 0.333. The zero-order valence-corrected chi connectivity index (χ0v) is 10.8. The molecule has 0 aliphatic heterocycles. The maximum Gasteiger partial charge on any atom is 0.335 e. The van der Waals surface area contributed by atoms with Crippen LogP contribution in [0.4, 0.5) is 0 Å². The Balaban J connectivity index is 0.000000384. The second-order valence-electron chi connectivity index (χ2n) is 3.91. The number of carboxylic acid groups (broad SMARTS) is 2. The number of carbonyl (C=O) groups is 2. The second kappa shape index (κ2) is 8.87. The molecule has 0 spiro atoms. The third-order valence-electron chi connectivity index (χ3n) is 2.31. The number of rotatable bonds is 5. The lowest BCUT2D eigenvalue weighted by Crippen LogP contribution is -2.39. The molecule has 21 heavy (non-hydrogen) atoms. The molecule has 9 heteroatoms.